The van der Waals surface area contributed by atoms with Crippen LogP contribution < -0.4 is 5.32 Å². The molecule has 0 spiro atoms. The number of nitrogens with one attached hydrogen (secondary N) is 1. The summed E-state index contributed by atoms with van der Waals surface area (Å²) in [6, 6.07) is 3.07. The quantitative estimate of drug-likeness (QED) is 0.838. The van der Waals surface area contributed by atoms with Crippen molar-refractivity contribution < 1.29 is 0 Å². The van der Waals surface area contributed by atoms with E-state index in [0.29, 0.717) is 5.41 Å². The largest absolute Gasteiger partial charge is 0.310 e. The molecule has 1 heterocycles. The van der Waals surface area contributed by atoms with E-state index in [1.54, 1.807) is 0 Å². The molecule has 0 atom stereocenters. The fraction of sp³-hybridized carbons (Fsp3) is 0.733. The normalized spacial score (nSPS) is 20.7. The van der Waals surface area contributed by atoms with E-state index in [-0.39, 0.29) is 0 Å². The van der Waals surface area contributed by atoms with E-state index < -0.39 is 0 Å². The topological polar surface area (TPSA) is 12.0 Å². The summed E-state index contributed by atoms with van der Waals surface area (Å²) in [6.45, 7) is 10.3. The molecule has 1 fully saturated rings. The van der Waals surface area contributed by atoms with Crippen LogP contribution in [-0.2, 0) is 6.54 Å². The monoisotopic (exact) mass is 251 g/mol. The maximum atomic E-state index is 3.74. The molecule has 0 saturated heterocycles. The predicted molar refractivity (Wildman–Crippen MR) is 76.7 cm³/mol. The van der Waals surface area contributed by atoms with Crippen LogP contribution in [0.2, 0.25) is 0 Å². The lowest BCUT2D eigenvalue weighted by Gasteiger charge is -2.34. The van der Waals surface area contributed by atoms with Crippen LogP contribution in [0.25, 0.3) is 0 Å². The molecular weight excluding hydrogens is 226 g/mol. The molecule has 1 aromatic heterocycles. The predicted octanol–water partition coefficient (Wildman–Crippen LogP) is 4.42. The van der Waals surface area contributed by atoms with Crippen LogP contribution >= 0.6 is 11.3 Å². The minimum absolute atomic E-state index is 0.576. The molecule has 96 valence electrons. The third-order valence-electron chi connectivity index (χ3n) is 4.06. The third kappa shape index (κ3) is 3.56. The van der Waals surface area contributed by atoms with Gasteiger partial charge in [-0.05, 0) is 56.6 Å². The van der Waals surface area contributed by atoms with Crippen LogP contribution in [0, 0.1) is 19.3 Å². The van der Waals surface area contributed by atoms with Gasteiger partial charge in [0.25, 0.3) is 0 Å². The molecule has 0 aromatic carbocycles. The Hall–Kier alpha value is -0.340. The highest BCUT2D eigenvalue weighted by Gasteiger charge is 2.26. The lowest BCUT2D eigenvalue weighted by Crippen LogP contribution is -2.35. The maximum absolute atomic E-state index is 3.74. The van der Waals surface area contributed by atoms with Crippen LogP contribution in [0.1, 0.15) is 54.8 Å². The van der Waals surface area contributed by atoms with Crippen molar-refractivity contribution >= 4 is 11.3 Å². The van der Waals surface area contributed by atoms with E-state index in [1.807, 2.05) is 11.3 Å². The van der Waals surface area contributed by atoms with E-state index in [2.05, 4.69) is 39.1 Å². The van der Waals surface area contributed by atoms with Crippen LogP contribution in [0.5, 0.6) is 0 Å². The molecule has 0 bridgehead atoms. The molecule has 1 aliphatic rings. The van der Waals surface area contributed by atoms with Gasteiger partial charge in [0.1, 0.15) is 0 Å². The van der Waals surface area contributed by atoms with Crippen LogP contribution in [0.3, 0.4) is 0 Å². The lowest BCUT2D eigenvalue weighted by molar-refractivity contribution is 0.206. The summed E-state index contributed by atoms with van der Waals surface area (Å²) >= 11 is 1.92. The lowest BCUT2D eigenvalue weighted by atomic mass is 9.75. The van der Waals surface area contributed by atoms with Gasteiger partial charge in [-0.15, -0.1) is 11.3 Å². The Morgan fingerprint density at radius 2 is 1.94 bits per heavy atom. The maximum Gasteiger partial charge on any atom is 0.0219 e. The molecule has 0 radical (unpaired) electrons. The SMILES string of the molecule is Cc1cc(CNC2CCC(C)(C)CC2)c(C)s1. The molecule has 1 nitrogen and oxygen atoms in total. The van der Waals surface area contributed by atoms with E-state index in [1.165, 1.54) is 41.0 Å². The molecule has 2 rings (SSSR count). The molecule has 0 unspecified atom stereocenters. The van der Waals surface area contributed by atoms with Crippen molar-refractivity contribution in [2.75, 3.05) is 0 Å². The highest BCUT2D eigenvalue weighted by atomic mass is 32.1. The first kappa shape index (κ1) is 13.1. The molecule has 1 saturated carbocycles. The Morgan fingerprint density at radius 1 is 1.29 bits per heavy atom. The molecule has 17 heavy (non-hydrogen) atoms. The van der Waals surface area contributed by atoms with Gasteiger partial charge in [-0.1, -0.05) is 13.8 Å². The standard InChI is InChI=1S/C15H25NS/c1-11-9-13(12(2)17-11)10-16-14-5-7-15(3,4)8-6-14/h9,14,16H,5-8,10H2,1-4H3. The van der Waals surface area contributed by atoms with Crippen LogP contribution in [-0.4, -0.2) is 6.04 Å². The van der Waals surface area contributed by atoms with E-state index in [0.717, 1.165) is 12.6 Å². The van der Waals surface area contributed by atoms with Gasteiger partial charge in [0.2, 0.25) is 0 Å². The van der Waals surface area contributed by atoms with Gasteiger partial charge in [0.05, 0.1) is 0 Å². The van der Waals surface area contributed by atoms with Crippen LogP contribution in [0.15, 0.2) is 6.07 Å². The molecule has 2 heteroatoms. The van der Waals surface area contributed by atoms with Gasteiger partial charge in [-0.2, -0.15) is 0 Å². The Balaban J connectivity index is 1.82. The van der Waals surface area contributed by atoms with Crippen molar-refractivity contribution in [1.29, 1.82) is 0 Å². The summed E-state index contributed by atoms with van der Waals surface area (Å²) in [5, 5.41) is 3.74. The first-order valence-electron chi connectivity index (χ1n) is 6.75. The van der Waals surface area contributed by atoms with E-state index in [4.69, 9.17) is 0 Å². The number of aryl methyl sites for hydroxylation is 2. The van der Waals surface area contributed by atoms with Gasteiger partial charge in [-0.3, -0.25) is 0 Å². The van der Waals surface area contributed by atoms with Gasteiger partial charge >= 0.3 is 0 Å². The molecule has 0 amide bonds. The minimum atomic E-state index is 0.576. The summed E-state index contributed by atoms with van der Waals surface area (Å²) < 4.78 is 0. The zero-order chi connectivity index (χ0) is 12.5. The second kappa shape index (κ2) is 5.11. The summed E-state index contributed by atoms with van der Waals surface area (Å²) in [4.78, 5) is 2.91. The summed E-state index contributed by atoms with van der Waals surface area (Å²) in [5.41, 5.74) is 2.07. The molecule has 1 aliphatic carbocycles. The Morgan fingerprint density at radius 3 is 2.47 bits per heavy atom. The summed E-state index contributed by atoms with van der Waals surface area (Å²) in [5.74, 6) is 0. The van der Waals surface area contributed by atoms with Crippen molar-refractivity contribution in [3.05, 3.63) is 21.4 Å². The first-order chi connectivity index (χ1) is 7.96. The van der Waals surface area contributed by atoms with Crippen molar-refractivity contribution in [2.24, 2.45) is 5.41 Å². The van der Waals surface area contributed by atoms with Crippen molar-refractivity contribution in [2.45, 2.75) is 66.0 Å². The van der Waals surface area contributed by atoms with Crippen molar-refractivity contribution in [1.82, 2.24) is 5.32 Å². The minimum Gasteiger partial charge on any atom is -0.310 e. The molecule has 1 N–H and O–H groups in total. The van der Waals surface area contributed by atoms with E-state index >= 15 is 0 Å². The molecule has 0 aliphatic heterocycles. The summed E-state index contributed by atoms with van der Waals surface area (Å²) in [7, 11) is 0. The first-order valence-corrected chi connectivity index (χ1v) is 7.57. The van der Waals surface area contributed by atoms with Crippen molar-refractivity contribution in [3.63, 3.8) is 0 Å². The fourth-order valence-corrected chi connectivity index (χ4v) is 3.66. The van der Waals surface area contributed by atoms with E-state index in [9.17, 15) is 0 Å². The third-order valence-corrected chi connectivity index (χ3v) is 5.07. The number of thiophene rings is 1. The Bertz CT molecular complexity index is 368. The second-order valence-corrected chi connectivity index (χ2v) is 7.72. The average Bonchev–Trinajstić information content (AvgIpc) is 2.56. The number of hydrogen-bond acceptors (Lipinski definition) is 2. The molecular formula is C15H25NS. The smallest absolute Gasteiger partial charge is 0.0219 e. The average molecular weight is 251 g/mol. The van der Waals surface area contributed by atoms with Gasteiger partial charge < -0.3 is 5.32 Å². The number of hydrogen-bond donors (Lipinski definition) is 1. The highest BCUT2D eigenvalue weighted by Crippen LogP contribution is 2.35. The van der Waals surface area contributed by atoms with Gasteiger partial charge in [-0.25, -0.2) is 0 Å². The second-order valence-electron chi connectivity index (χ2n) is 6.26. The van der Waals surface area contributed by atoms with Gasteiger partial charge in [0, 0.05) is 22.3 Å². The number of rotatable bonds is 3. The van der Waals surface area contributed by atoms with Crippen LogP contribution in [0.4, 0.5) is 0 Å². The van der Waals surface area contributed by atoms with Crippen molar-refractivity contribution in [3.8, 4) is 0 Å². The fourth-order valence-electron chi connectivity index (χ4n) is 2.72. The zero-order valence-corrected chi connectivity index (χ0v) is 12.4. The zero-order valence-electron chi connectivity index (χ0n) is 11.6. The Kier molecular flexibility index (Phi) is 3.94. The Labute approximate surface area is 110 Å². The highest BCUT2D eigenvalue weighted by molar-refractivity contribution is 7.12. The molecule has 1 aromatic rings. The van der Waals surface area contributed by atoms with Gasteiger partial charge in [0.15, 0.2) is 0 Å². The summed E-state index contributed by atoms with van der Waals surface area (Å²) in [6.07, 6.45) is 5.42.